The topological polar surface area (TPSA) is 45.2 Å². The summed E-state index contributed by atoms with van der Waals surface area (Å²) in [5, 5.41) is 17.1. The molecule has 3 nitrogen and oxygen atoms in total. The summed E-state index contributed by atoms with van der Waals surface area (Å²) in [5.74, 6) is 2.55. The summed E-state index contributed by atoms with van der Waals surface area (Å²) in [6.07, 6.45) is 10.7. The lowest BCUT2D eigenvalue weighted by molar-refractivity contribution is -0.00720. The van der Waals surface area contributed by atoms with Gasteiger partial charge in [0.05, 0.1) is 16.6 Å². The number of halogens is 2. The summed E-state index contributed by atoms with van der Waals surface area (Å²) in [6.45, 7) is 0.966. The minimum atomic E-state index is -0.571. The van der Waals surface area contributed by atoms with E-state index in [-0.39, 0.29) is 11.5 Å². The van der Waals surface area contributed by atoms with Gasteiger partial charge in [-0.15, -0.1) is 0 Å². The molecule has 1 saturated heterocycles. The maximum Gasteiger partial charge on any atom is 0.0950 e. The summed E-state index contributed by atoms with van der Waals surface area (Å²) >= 11 is 13.0. The summed E-state index contributed by atoms with van der Waals surface area (Å²) in [6, 6.07) is 6.02. The van der Waals surface area contributed by atoms with Crippen molar-refractivity contribution in [3.8, 4) is 0 Å². The fourth-order valence-corrected chi connectivity index (χ4v) is 8.12. The van der Waals surface area contributed by atoms with Crippen LogP contribution in [-0.2, 0) is 5.41 Å². The molecule has 5 fully saturated rings. The van der Waals surface area contributed by atoms with Gasteiger partial charge in [0.1, 0.15) is 0 Å². The number of hydrogen-bond donors (Lipinski definition) is 2. The molecular weight excluding hydrogens is 415 g/mol. The SMILES string of the molecule is O[C@H](c1cc(C23CC4CC(CC(C4)C2)C3)nc2c(Cl)cc(Cl)cc12)[C@H]1CCCCN1. The number of aliphatic hydroxyl groups is 1. The summed E-state index contributed by atoms with van der Waals surface area (Å²) in [5.41, 5.74) is 3.09. The van der Waals surface area contributed by atoms with Gasteiger partial charge in [-0.25, -0.2) is 0 Å². The largest absolute Gasteiger partial charge is 0.387 e. The molecule has 7 rings (SSSR count). The molecule has 30 heavy (non-hydrogen) atoms. The highest BCUT2D eigenvalue weighted by Crippen LogP contribution is 2.60. The van der Waals surface area contributed by atoms with Crippen molar-refractivity contribution in [2.45, 2.75) is 75.3 Å². The fraction of sp³-hybridized carbons (Fsp3) is 0.640. The Morgan fingerprint density at radius 3 is 2.33 bits per heavy atom. The van der Waals surface area contributed by atoms with Gasteiger partial charge in [0, 0.05) is 27.6 Å². The number of aliphatic hydroxyl groups excluding tert-OH is 1. The molecule has 160 valence electrons. The molecule has 2 aromatic rings. The monoisotopic (exact) mass is 444 g/mol. The molecule has 0 radical (unpaired) electrons. The van der Waals surface area contributed by atoms with Crippen LogP contribution in [0, 0.1) is 17.8 Å². The lowest BCUT2D eigenvalue weighted by Crippen LogP contribution is -2.49. The molecule has 0 amide bonds. The third kappa shape index (κ3) is 3.20. The first kappa shape index (κ1) is 19.8. The van der Waals surface area contributed by atoms with E-state index in [2.05, 4.69) is 11.4 Å². The number of nitrogens with one attached hydrogen (secondary N) is 1. The Hall–Kier alpha value is -0.870. The first-order valence-electron chi connectivity index (χ1n) is 11.7. The molecule has 0 unspecified atom stereocenters. The van der Waals surface area contributed by atoms with Crippen molar-refractivity contribution in [3.05, 3.63) is 39.5 Å². The molecule has 1 aliphatic heterocycles. The van der Waals surface area contributed by atoms with Crippen LogP contribution >= 0.6 is 23.2 Å². The molecule has 4 bridgehead atoms. The van der Waals surface area contributed by atoms with Crippen LogP contribution in [-0.4, -0.2) is 22.7 Å². The van der Waals surface area contributed by atoms with Gasteiger partial charge >= 0.3 is 0 Å². The van der Waals surface area contributed by atoms with Crippen molar-refractivity contribution in [1.82, 2.24) is 10.3 Å². The summed E-state index contributed by atoms with van der Waals surface area (Å²) in [7, 11) is 0. The van der Waals surface area contributed by atoms with E-state index in [0.29, 0.717) is 10.0 Å². The number of rotatable bonds is 3. The van der Waals surface area contributed by atoms with Crippen LogP contribution in [0.1, 0.15) is 75.1 Å². The van der Waals surface area contributed by atoms with E-state index in [1.807, 2.05) is 6.07 Å². The van der Waals surface area contributed by atoms with Crippen LogP contribution in [0.25, 0.3) is 10.9 Å². The van der Waals surface area contributed by atoms with Gasteiger partial charge in [0.15, 0.2) is 0 Å². The molecule has 5 heteroatoms. The van der Waals surface area contributed by atoms with Gasteiger partial charge in [-0.05, 0) is 99.4 Å². The van der Waals surface area contributed by atoms with Crippen LogP contribution in [0.5, 0.6) is 0 Å². The van der Waals surface area contributed by atoms with Crippen molar-refractivity contribution >= 4 is 34.1 Å². The first-order valence-corrected chi connectivity index (χ1v) is 12.5. The van der Waals surface area contributed by atoms with Crippen molar-refractivity contribution in [1.29, 1.82) is 0 Å². The Morgan fingerprint density at radius 2 is 1.70 bits per heavy atom. The van der Waals surface area contributed by atoms with Gasteiger partial charge in [0.25, 0.3) is 0 Å². The Bertz CT molecular complexity index is 949. The van der Waals surface area contributed by atoms with E-state index in [9.17, 15) is 5.11 Å². The van der Waals surface area contributed by atoms with Crippen LogP contribution in [0.2, 0.25) is 10.0 Å². The maximum absolute atomic E-state index is 11.5. The van der Waals surface area contributed by atoms with Crippen LogP contribution in [0.15, 0.2) is 18.2 Å². The lowest BCUT2D eigenvalue weighted by Gasteiger charge is -2.56. The highest BCUT2D eigenvalue weighted by atomic mass is 35.5. The minimum absolute atomic E-state index is 0.0753. The zero-order valence-corrected chi connectivity index (χ0v) is 18.9. The first-order chi connectivity index (χ1) is 14.5. The second kappa shape index (κ2) is 7.33. The summed E-state index contributed by atoms with van der Waals surface area (Å²) in [4.78, 5) is 5.17. The maximum atomic E-state index is 11.5. The smallest absolute Gasteiger partial charge is 0.0950 e. The number of piperidine rings is 1. The Labute approximate surface area is 188 Å². The third-order valence-electron chi connectivity index (χ3n) is 8.49. The molecule has 5 aliphatic rings. The highest BCUT2D eigenvalue weighted by Gasteiger charge is 2.52. The van der Waals surface area contributed by atoms with Crippen LogP contribution in [0.3, 0.4) is 0 Å². The number of fused-ring (bicyclic) bond motifs is 1. The number of benzene rings is 1. The molecule has 4 aliphatic carbocycles. The average Bonchev–Trinajstić information content (AvgIpc) is 2.72. The average molecular weight is 445 g/mol. The van der Waals surface area contributed by atoms with Gasteiger partial charge in [-0.2, -0.15) is 0 Å². The zero-order chi connectivity index (χ0) is 20.5. The van der Waals surface area contributed by atoms with Gasteiger partial charge in [-0.1, -0.05) is 29.6 Å². The fourth-order valence-electron chi connectivity index (χ4n) is 7.58. The van der Waals surface area contributed by atoms with E-state index < -0.39 is 6.10 Å². The Morgan fingerprint density at radius 1 is 1.00 bits per heavy atom. The normalized spacial score (nSPS) is 36.4. The van der Waals surface area contributed by atoms with Gasteiger partial charge < -0.3 is 10.4 Å². The second-order valence-electron chi connectivity index (χ2n) is 10.6. The molecule has 1 aromatic heterocycles. The zero-order valence-electron chi connectivity index (χ0n) is 17.3. The van der Waals surface area contributed by atoms with E-state index in [0.717, 1.165) is 53.6 Å². The second-order valence-corrected chi connectivity index (χ2v) is 11.4. The lowest BCUT2D eigenvalue weighted by atomic mass is 9.48. The molecular formula is C25H30Cl2N2O. The predicted molar refractivity (Wildman–Crippen MR) is 122 cm³/mol. The van der Waals surface area contributed by atoms with Crippen LogP contribution in [0.4, 0.5) is 0 Å². The number of hydrogen-bond acceptors (Lipinski definition) is 3. The Kier molecular flexibility index (Phi) is 4.84. The highest BCUT2D eigenvalue weighted by molar-refractivity contribution is 6.38. The molecule has 2 atom stereocenters. The minimum Gasteiger partial charge on any atom is -0.387 e. The standard InChI is InChI=1S/C25H30Cl2N2O/c26-17-8-18-19(24(30)21-3-1-2-4-28-21)10-22(29-23(18)20(27)9-17)25-11-14-5-15(12-25)7-16(6-14)13-25/h8-10,14-16,21,24,28,30H,1-7,11-13H2/t14?,15?,16?,21-,24-,25?/m1/s1. The van der Waals surface area contributed by atoms with E-state index >= 15 is 0 Å². The molecule has 2 heterocycles. The van der Waals surface area contributed by atoms with E-state index in [4.69, 9.17) is 28.2 Å². The van der Waals surface area contributed by atoms with E-state index in [1.54, 1.807) is 6.07 Å². The van der Waals surface area contributed by atoms with Gasteiger partial charge in [0.2, 0.25) is 0 Å². The number of nitrogens with zero attached hydrogens (tertiary/aromatic N) is 1. The van der Waals surface area contributed by atoms with Crippen molar-refractivity contribution in [2.24, 2.45) is 17.8 Å². The predicted octanol–water partition coefficient (Wildman–Crippen LogP) is 6.18. The third-order valence-corrected chi connectivity index (χ3v) is 9.00. The van der Waals surface area contributed by atoms with Crippen molar-refractivity contribution in [2.75, 3.05) is 6.54 Å². The van der Waals surface area contributed by atoms with E-state index in [1.165, 1.54) is 50.6 Å². The number of aromatic nitrogens is 1. The van der Waals surface area contributed by atoms with Crippen molar-refractivity contribution < 1.29 is 5.11 Å². The molecule has 4 saturated carbocycles. The molecule has 2 N–H and O–H groups in total. The molecule has 0 spiro atoms. The van der Waals surface area contributed by atoms with Crippen molar-refractivity contribution in [3.63, 3.8) is 0 Å². The van der Waals surface area contributed by atoms with Gasteiger partial charge in [-0.3, -0.25) is 4.98 Å². The summed E-state index contributed by atoms with van der Waals surface area (Å²) < 4.78 is 0. The molecule has 1 aromatic carbocycles. The number of pyridine rings is 1. The van der Waals surface area contributed by atoms with Crippen LogP contribution < -0.4 is 5.32 Å². The Balaban J connectivity index is 1.50. The quantitative estimate of drug-likeness (QED) is 0.593.